The monoisotopic (exact) mass is 196 g/mol. The van der Waals surface area contributed by atoms with Crippen LogP contribution in [-0.2, 0) is 9.59 Å². The Balaban J connectivity index is 2.38. The minimum Gasteiger partial charge on any atom is -0.480 e. The maximum atomic E-state index is 11.2. The number of nitriles is 1. The van der Waals surface area contributed by atoms with Crippen LogP contribution in [0, 0.1) is 17.2 Å². The van der Waals surface area contributed by atoms with Crippen molar-refractivity contribution in [2.75, 3.05) is 0 Å². The molecule has 0 spiro atoms. The van der Waals surface area contributed by atoms with Gasteiger partial charge in [-0.05, 0) is 19.3 Å². The average molecular weight is 196 g/mol. The minimum atomic E-state index is -1.07. The van der Waals surface area contributed by atoms with Crippen LogP contribution in [-0.4, -0.2) is 23.0 Å². The third-order valence-corrected chi connectivity index (χ3v) is 2.11. The van der Waals surface area contributed by atoms with Crippen LogP contribution in [0.4, 0.5) is 0 Å². The third kappa shape index (κ3) is 3.05. The number of carbonyl (C=O) groups excluding carboxylic acids is 1. The van der Waals surface area contributed by atoms with E-state index in [0.29, 0.717) is 0 Å². The largest absolute Gasteiger partial charge is 0.480 e. The van der Waals surface area contributed by atoms with Crippen molar-refractivity contribution >= 4 is 11.9 Å². The molecule has 5 nitrogen and oxygen atoms in total. The van der Waals surface area contributed by atoms with Crippen LogP contribution in [0.3, 0.4) is 0 Å². The summed E-state index contributed by atoms with van der Waals surface area (Å²) >= 11 is 0. The Morgan fingerprint density at radius 2 is 2.21 bits per heavy atom. The van der Waals surface area contributed by atoms with Crippen LogP contribution in [0.25, 0.3) is 0 Å². The molecular weight excluding hydrogens is 184 g/mol. The first-order valence-electron chi connectivity index (χ1n) is 4.55. The molecule has 0 unspecified atom stereocenters. The van der Waals surface area contributed by atoms with Gasteiger partial charge in [0.25, 0.3) is 0 Å². The Kier molecular flexibility index (Phi) is 3.46. The number of nitrogens with one attached hydrogen (secondary N) is 1. The highest BCUT2D eigenvalue weighted by Gasteiger charge is 2.32. The van der Waals surface area contributed by atoms with Crippen molar-refractivity contribution < 1.29 is 14.7 Å². The van der Waals surface area contributed by atoms with Gasteiger partial charge in [0.05, 0.1) is 6.07 Å². The molecule has 1 amide bonds. The van der Waals surface area contributed by atoms with Crippen molar-refractivity contribution in [1.82, 2.24) is 5.32 Å². The molecule has 1 aliphatic carbocycles. The van der Waals surface area contributed by atoms with Crippen LogP contribution in [0.5, 0.6) is 0 Å². The number of amides is 1. The van der Waals surface area contributed by atoms with Crippen molar-refractivity contribution in [3.8, 4) is 6.07 Å². The number of hydrogen-bond acceptors (Lipinski definition) is 3. The van der Waals surface area contributed by atoms with Gasteiger partial charge in [-0.3, -0.25) is 4.79 Å². The van der Waals surface area contributed by atoms with E-state index in [2.05, 4.69) is 5.32 Å². The lowest BCUT2D eigenvalue weighted by Gasteiger charge is -2.12. The zero-order valence-corrected chi connectivity index (χ0v) is 7.69. The first-order chi connectivity index (χ1) is 6.65. The van der Waals surface area contributed by atoms with Crippen LogP contribution >= 0.6 is 0 Å². The maximum absolute atomic E-state index is 11.2. The Bertz CT molecular complexity index is 278. The number of hydrogen-bond donors (Lipinski definition) is 2. The molecule has 2 N–H and O–H groups in total. The highest BCUT2D eigenvalue weighted by molar-refractivity contribution is 5.86. The van der Waals surface area contributed by atoms with Crippen LogP contribution < -0.4 is 5.32 Å². The molecule has 76 valence electrons. The van der Waals surface area contributed by atoms with Gasteiger partial charge in [-0.25, -0.2) is 4.79 Å². The summed E-state index contributed by atoms with van der Waals surface area (Å²) in [7, 11) is 0. The molecule has 0 bridgehead atoms. The fourth-order valence-electron chi connectivity index (χ4n) is 1.10. The van der Waals surface area contributed by atoms with Crippen molar-refractivity contribution in [2.24, 2.45) is 5.92 Å². The third-order valence-electron chi connectivity index (χ3n) is 2.11. The average Bonchev–Trinajstić information content (AvgIpc) is 2.94. The molecule has 14 heavy (non-hydrogen) atoms. The topological polar surface area (TPSA) is 90.2 Å². The molecule has 1 saturated carbocycles. The van der Waals surface area contributed by atoms with E-state index in [4.69, 9.17) is 10.4 Å². The van der Waals surface area contributed by atoms with E-state index in [1.807, 2.05) is 6.07 Å². The maximum Gasteiger partial charge on any atom is 0.326 e. The Labute approximate surface area is 81.7 Å². The molecule has 1 fully saturated rings. The second kappa shape index (κ2) is 4.61. The summed E-state index contributed by atoms with van der Waals surface area (Å²) in [6.07, 6.45) is 2.00. The standard InChI is InChI=1S/C9H12N2O3/c10-5-1-2-7(9(13)14)11-8(12)6-3-4-6/h6-7H,1-4H2,(H,11,12)(H,13,14)/t7-/m0/s1. The molecule has 5 heteroatoms. The van der Waals surface area contributed by atoms with Crippen molar-refractivity contribution in [3.05, 3.63) is 0 Å². The molecule has 0 aromatic carbocycles. The van der Waals surface area contributed by atoms with Gasteiger partial charge in [-0.15, -0.1) is 0 Å². The van der Waals surface area contributed by atoms with Gasteiger partial charge in [0.1, 0.15) is 6.04 Å². The van der Waals surface area contributed by atoms with Crippen LogP contribution in [0.2, 0.25) is 0 Å². The Hall–Kier alpha value is -1.57. The van der Waals surface area contributed by atoms with E-state index in [1.165, 1.54) is 0 Å². The van der Waals surface area contributed by atoms with Crippen LogP contribution in [0.1, 0.15) is 25.7 Å². The van der Waals surface area contributed by atoms with E-state index in [0.717, 1.165) is 12.8 Å². The summed E-state index contributed by atoms with van der Waals surface area (Å²) in [6, 6.07) is 0.942. The smallest absolute Gasteiger partial charge is 0.326 e. The molecule has 0 aromatic rings. The molecular formula is C9H12N2O3. The highest BCUT2D eigenvalue weighted by atomic mass is 16.4. The molecule has 0 saturated heterocycles. The van der Waals surface area contributed by atoms with Crippen molar-refractivity contribution in [2.45, 2.75) is 31.7 Å². The molecule has 0 aliphatic heterocycles. The van der Waals surface area contributed by atoms with Gasteiger partial charge in [-0.1, -0.05) is 0 Å². The lowest BCUT2D eigenvalue weighted by molar-refractivity contribution is -0.142. The summed E-state index contributed by atoms with van der Waals surface area (Å²) in [5, 5.41) is 19.4. The van der Waals surface area contributed by atoms with E-state index >= 15 is 0 Å². The summed E-state index contributed by atoms with van der Waals surface area (Å²) in [6.45, 7) is 0. The van der Waals surface area contributed by atoms with Gasteiger partial charge in [0.2, 0.25) is 5.91 Å². The summed E-state index contributed by atoms with van der Waals surface area (Å²) in [5.41, 5.74) is 0. The Morgan fingerprint density at radius 3 is 2.64 bits per heavy atom. The second-order valence-corrected chi connectivity index (χ2v) is 3.37. The molecule has 1 atom stereocenters. The molecule has 1 aliphatic rings. The number of nitrogens with zero attached hydrogens (tertiary/aromatic N) is 1. The first-order valence-corrected chi connectivity index (χ1v) is 4.55. The lowest BCUT2D eigenvalue weighted by atomic mass is 10.1. The van der Waals surface area contributed by atoms with E-state index in [9.17, 15) is 9.59 Å². The quantitative estimate of drug-likeness (QED) is 0.660. The van der Waals surface area contributed by atoms with Crippen molar-refractivity contribution in [3.63, 3.8) is 0 Å². The predicted molar refractivity (Wildman–Crippen MR) is 47.1 cm³/mol. The lowest BCUT2D eigenvalue weighted by Crippen LogP contribution is -2.41. The SMILES string of the molecule is N#CCC[C@H](NC(=O)C1CC1)C(=O)O. The van der Waals surface area contributed by atoms with E-state index in [1.54, 1.807) is 0 Å². The van der Waals surface area contributed by atoms with Gasteiger partial charge < -0.3 is 10.4 Å². The molecule has 0 aromatic heterocycles. The van der Waals surface area contributed by atoms with Gasteiger partial charge in [-0.2, -0.15) is 5.26 Å². The van der Waals surface area contributed by atoms with Crippen LogP contribution in [0.15, 0.2) is 0 Å². The minimum absolute atomic E-state index is 0.000985. The zero-order valence-electron chi connectivity index (χ0n) is 7.69. The second-order valence-electron chi connectivity index (χ2n) is 3.37. The summed E-state index contributed by atoms with van der Waals surface area (Å²) < 4.78 is 0. The normalized spacial score (nSPS) is 16.8. The number of rotatable bonds is 5. The first kappa shape index (κ1) is 10.5. The number of carbonyl (C=O) groups is 2. The summed E-state index contributed by atoms with van der Waals surface area (Å²) in [4.78, 5) is 21.9. The van der Waals surface area contributed by atoms with E-state index < -0.39 is 12.0 Å². The highest BCUT2D eigenvalue weighted by Crippen LogP contribution is 2.28. The fourth-order valence-corrected chi connectivity index (χ4v) is 1.10. The van der Waals surface area contributed by atoms with Crippen molar-refractivity contribution in [1.29, 1.82) is 5.26 Å². The van der Waals surface area contributed by atoms with Gasteiger partial charge in [0.15, 0.2) is 0 Å². The van der Waals surface area contributed by atoms with Gasteiger partial charge >= 0.3 is 5.97 Å². The number of carboxylic acid groups (broad SMARTS) is 1. The number of aliphatic carboxylic acids is 1. The fraction of sp³-hybridized carbons (Fsp3) is 0.667. The zero-order chi connectivity index (χ0) is 10.6. The number of carboxylic acids is 1. The Morgan fingerprint density at radius 1 is 1.57 bits per heavy atom. The summed E-state index contributed by atoms with van der Waals surface area (Å²) in [5.74, 6) is -1.27. The van der Waals surface area contributed by atoms with E-state index in [-0.39, 0.29) is 24.7 Å². The molecule has 0 heterocycles. The molecule has 0 radical (unpaired) electrons. The molecule has 1 rings (SSSR count). The predicted octanol–water partition coefficient (Wildman–Crippen LogP) is 0.270. The van der Waals surface area contributed by atoms with Gasteiger partial charge in [0, 0.05) is 12.3 Å².